The summed E-state index contributed by atoms with van der Waals surface area (Å²) in [5.74, 6) is 0.145. The average Bonchev–Trinajstić information content (AvgIpc) is 2.92. The van der Waals surface area contributed by atoms with Crippen LogP contribution in [-0.2, 0) is 9.53 Å². The molecule has 21 heavy (non-hydrogen) atoms. The zero-order valence-electron chi connectivity index (χ0n) is 11.5. The molecule has 1 aromatic carbocycles. The Hall–Kier alpha value is -2.08. The number of hydrogen-bond donors (Lipinski definition) is 1. The fraction of sp³-hybridized carbons (Fsp3) is 0.200. The number of hydrogen-bond acceptors (Lipinski definition) is 5. The Kier molecular flexibility index (Phi) is 5.16. The predicted molar refractivity (Wildman–Crippen MR) is 82.4 cm³/mol. The predicted octanol–water partition coefficient (Wildman–Crippen LogP) is 2.07. The lowest BCUT2D eigenvalue weighted by molar-refractivity contribution is -0.134. The first-order valence-electron chi connectivity index (χ1n) is 6.38. The lowest BCUT2D eigenvalue weighted by Crippen LogP contribution is -2.16. The molecule has 5 nitrogen and oxygen atoms in total. The fourth-order valence-corrected chi connectivity index (χ4v) is 2.12. The third-order valence-corrected chi connectivity index (χ3v) is 3.49. The van der Waals surface area contributed by atoms with Gasteiger partial charge in [-0.05, 0) is 24.3 Å². The summed E-state index contributed by atoms with van der Waals surface area (Å²) in [6.07, 6.45) is 4.45. The first-order valence-corrected chi connectivity index (χ1v) is 7.17. The molecular weight excluding hydrogens is 336 g/mol. The normalized spacial score (nSPS) is 16.3. The molecule has 6 heteroatoms. The molecule has 0 saturated carbocycles. The Morgan fingerprint density at radius 1 is 1.33 bits per heavy atom. The van der Waals surface area contributed by atoms with Gasteiger partial charge in [0.1, 0.15) is 5.82 Å². The molecular formula is C15H15BrN2O3. The van der Waals surface area contributed by atoms with Crippen LogP contribution in [0.1, 0.15) is 10.4 Å². The maximum Gasteiger partial charge on any atom is 0.331 e. The van der Waals surface area contributed by atoms with Crippen molar-refractivity contribution in [2.24, 2.45) is 0 Å². The number of esters is 1. The Balaban J connectivity index is 2.11. The van der Waals surface area contributed by atoms with Gasteiger partial charge < -0.3 is 15.0 Å². The van der Waals surface area contributed by atoms with E-state index in [0.717, 1.165) is 4.47 Å². The molecule has 0 aromatic heterocycles. The second kappa shape index (κ2) is 7.08. The molecule has 1 saturated heterocycles. The van der Waals surface area contributed by atoms with Crippen LogP contribution in [0, 0.1) is 0 Å². The van der Waals surface area contributed by atoms with Crippen LogP contribution in [0.5, 0.6) is 0 Å². The minimum absolute atomic E-state index is 0.0941. The van der Waals surface area contributed by atoms with E-state index in [4.69, 9.17) is 0 Å². The second-order valence-electron chi connectivity index (χ2n) is 4.36. The van der Waals surface area contributed by atoms with Gasteiger partial charge in [0.15, 0.2) is 5.78 Å². The topological polar surface area (TPSA) is 58.6 Å². The lowest BCUT2D eigenvalue weighted by atomic mass is 10.1. The molecule has 0 aliphatic carbocycles. The van der Waals surface area contributed by atoms with E-state index in [2.05, 4.69) is 26.0 Å². The Labute approximate surface area is 131 Å². The molecule has 1 fully saturated rings. The van der Waals surface area contributed by atoms with E-state index >= 15 is 0 Å². The number of ketones is 1. The maximum absolute atomic E-state index is 12.2. The molecule has 0 radical (unpaired) electrons. The zero-order valence-corrected chi connectivity index (χ0v) is 13.1. The van der Waals surface area contributed by atoms with Crippen molar-refractivity contribution >= 4 is 27.7 Å². The molecule has 2 rings (SSSR count). The summed E-state index contributed by atoms with van der Waals surface area (Å²) in [6.45, 7) is 1.40. The van der Waals surface area contributed by atoms with Gasteiger partial charge in [0.25, 0.3) is 0 Å². The number of carbonyl (C=O) groups is 2. The maximum atomic E-state index is 12.2. The van der Waals surface area contributed by atoms with Gasteiger partial charge in [-0.3, -0.25) is 4.79 Å². The van der Waals surface area contributed by atoms with Gasteiger partial charge in [-0.2, -0.15) is 0 Å². The Bertz CT molecular complexity index is 593. The van der Waals surface area contributed by atoms with Crippen molar-refractivity contribution in [3.8, 4) is 0 Å². The van der Waals surface area contributed by atoms with Crippen molar-refractivity contribution < 1.29 is 14.3 Å². The van der Waals surface area contributed by atoms with Gasteiger partial charge in [-0.15, -0.1) is 0 Å². The summed E-state index contributed by atoms with van der Waals surface area (Å²) in [5, 5.41) is 3.11. The number of ether oxygens (including phenoxy) is 1. The highest BCUT2D eigenvalue weighted by atomic mass is 79.9. The zero-order chi connectivity index (χ0) is 15.2. The van der Waals surface area contributed by atoms with Crippen molar-refractivity contribution in [1.29, 1.82) is 0 Å². The van der Waals surface area contributed by atoms with Crippen LogP contribution in [0.4, 0.5) is 0 Å². The fourth-order valence-electron chi connectivity index (χ4n) is 1.86. The van der Waals surface area contributed by atoms with Crippen molar-refractivity contribution in [2.45, 2.75) is 0 Å². The molecule has 1 aliphatic heterocycles. The van der Waals surface area contributed by atoms with Crippen LogP contribution in [0.3, 0.4) is 0 Å². The van der Waals surface area contributed by atoms with Gasteiger partial charge in [0.2, 0.25) is 0 Å². The number of methoxy groups -OCH3 is 1. The summed E-state index contributed by atoms with van der Waals surface area (Å²) in [4.78, 5) is 25.1. The quantitative estimate of drug-likeness (QED) is 0.511. The van der Waals surface area contributed by atoms with E-state index in [9.17, 15) is 9.59 Å². The molecule has 0 atom stereocenters. The average molecular weight is 351 g/mol. The molecule has 0 unspecified atom stereocenters. The number of carbonyl (C=O) groups excluding carboxylic acids is 2. The van der Waals surface area contributed by atoms with E-state index in [-0.39, 0.29) is 5.78 Å². The summed E-state index contributed by atoms with van der Waals surface area (Å²) >= 11 is 3.33. The van der Waals surface area contributed by atoms with E-state index < -0.39 is 5.97 Å². The number of nitrogens with one attached hydrogen (secondary N) is 1. The lowest BCUT2D eigenvalue weighted by Gasteiger charge is -2.12. The number of rotatable bonds is 4. The van der Waals surface area contributed by atoms with E-state index in [1.54, 1.807) is 23.2 Å². The summed E-state index contributed by atoms with van der Waals surface area (Å²) in [7, 11) is 1.32. The van der Waals surface area contributed by atoms with Crippen LogP contribution in [0.2, 0.25) is 0 Å². The van der Waals surface area contributed by atoms with Crippen LogP contribution in [0.15, 0.2) is 52.9 Å². The molecule has 0 spiro atoms. The van der Waals surface area contributed by atoms with Crippen LogP contribution in [0.25, 0.3) is 0 Å². The molecule has 1 N–H and O–H groups in total. The van der Waals surface area contributed by atoms with Crippen molar-refractivity contribution in [3.05, 3.63) is 58.5 Å². The van der Waals surface area contributed by atoms with Gasteiger partial charge in [-0.1, -0.05) is 15.9 Å². The van der Waals surface area contributed by atoms with Gasteiger partial charge in [-0.25, -0.2) is 4.79 Å². The summed E-state index contributed by atoms with van der Waals surface area (Å²) in [6, 6.07) is 7.16. The van der Waals surface area contributed by atoms with E-state index in [0.29, 0.717) is 24.5 Å². The molecule has 1 aromatic rings. The minimum atomic E-state index is -0.430. The van der Waals surface area contributed by atoms with E-state index in [1.807, 2.05) is 12.1 Å². The molecule has 0 bridgehead atoms. The Morgan fingerprint density at radius 3 is 2.71 bits per heavy atom. The number of nitrogens with zero attached hydrogens (tertiary/aromatic N) is 1. The third-order valence-electron chi connectivity index (χ3n) is 2.96. The van der Waals surface area contributed by atoms with Crippen LogP contribution >= 0.6 is 15.9 Å². The van der Waals surface area contributed by atoms with Gasteiger partial charge >= 0.3 is 5.97 Å². The molecule has 0 amide bonds. The van der Waals surface area contributed by atoms with Gasteiger partial charge in [0.05, 0.1) is 7.11 Å². The van der Waals surface area contributed by atoms with Crippen LogP contribution in [-0.4, -0.2) is 36.9 Å². The SMILES string of the molecule is COC(=O)/C=C/N1CCN/C1=C\C(=O)c1ccc(Br)cc1. The second-order valence-corrected chi connectivity index (χ2v) is 5.28. The highest BCUT2D eigenvalue weighted by Crippen LogP contribution is 2.14. The third kappa shape index (κ3) is 4.19. The summed E-state index contributed by atoms with van der Waals surface area (Å²) < 4.78 is 5.47. The highest BCUT2D eigenvalue weighted by molar-refractivity contribution is 9.10. The van der Waals surface area contributed by atoms with E-state index in [1.165, 1.54) is 19.3 Å². The molecule has 1 aliphatic rings. The highest BCUT2D eigenvalue weighted by Gasteiger charge is 2.16. The summed E-state index contributed by atoms with van der Waals surface area (Å²) in [5.41, 5.74) is 0.608. The monoisotopic (exact) mass is 350 g/mol. The van der Waals surface area contributed by atoms with Crippen molar-refractivity contribution in [3.63, 3.8) is 0 Å². The molecule has 1 heterocycles. The Morgan fingerprint density at radius 2 is 2.05 bits per heavy atom. The first kappa shape index (κ1) is 15.3. The molecule has 110 valence electrons. The first-order chi connectivity index (χ1) is 10.1. The standard InChI is InChI=1S/C15H15BrN2O3/c1-21-15(20)6-8-18-9-7-17-14(18)10-13(19)11-2-4-12(16)5-3-11/h2-6,8,10,17H,7,9H2,1H3/b8-6+,14-10+. The number of benzene rings is 1. The smallest absolute Gasteiger partial charge is 0.331 e. The minimum Gasteiger partial charge on any atom is -0.466 e. The number of allylic oxidation sites excluding steroid dienone is 1. The number of halogens is 1. The van der Waals surface area contributed by atoms with Crippen molar-refractivity contribution in [2.75, 3.05) is 20.2 Å². The largest absolute Gasteiger partial charge is 0.466 e. The van der Waals surface area contributed by atoms with Crippen LogP contribution < -0.4 is 5.32 Å². The van der Waals surface area contributed by atoms with Crippen molar-refractivity contribution in [1.82, 2.24) is 10.2 Å². The van der Waals surface area contributed by atoms with Gasteiger partial charge in [0, 0.05) is 41.5 Å².